The van der Waals surface area contributed by atoms with Gasteiger partial charge in [0, 0.05) is 11.7 Å². The molecule has 0 saturated heterocycles. The first-order valence-electron chi connectivity index (χ1n) is 6.75. The molecule has 1 aromatic rings. The lowest BCUT2D eigenvalue weighted by atomic mass is 9.99. The first-order valence-corrected chi connectivity index (χ1v) is 6.75. The Morgan fingerprint density at radius 1 is 1.39 bits per heavy atom. The molecule has 0 spiro atoms. The number of aryl methyl sites for hydroxylation is 1. The van der Waals surface area contributed by atoms with Crippen LogP contribution >= 0.6 is 0 Å². The summed E-state index contributed by atoms with van der Waals surface area (Å²) in [7, 11) is 0. The van der Waals surface area contributed by atoms with E-state index in [-0.39, 0.29) is 11.9 Å². The molecule has 1 aliphatic carbocycles. The van der Waals surface area contributed by atoms with Crippen LogP contribution in [0, 0.1) is 12.8 Å². The molecule has 0 heterocycles. The van der Waals surface area contributed by atoms with Gasteiger partial charge in [0.25, 0.3) is 5.91 Å². The smallest absolute Gasteiger partial charge is 0.253 e. The number of anilines is 1. The number of carbonyl (C=O) groups excluding carboxylic acids is 1. The molecule has 0 bridgehead atoms. The van der Waals surface area contributed by atoms with Gasteiger partial charge in [0.2, 0.25) is 0 Å². The van der Waals surface area contributed by atoms with Crippen LogP contribution in [0.25, 0.3) is 0 Å². The lowest BCUT2D eigenvalue weighted by molar-refractivity contribution is 0.0928. The summed E-state index contributed by atoms with van der Waals surface area (Å²) in [5, 5.41) is 3.08. The molecule has 3 N–H and O–H groups in total. The van der Waals surface area contributed by atoms with Gasteiger partial charge in [0.1, 0.15) is 0 Å². The fourth-order valence-electron chi connectivity index (χ4n) is 2.75. The second-order valence-corrected chi connectivity index (χ2v) is 5.40. The van der Waals surface area contributed by atoms with Crippen molar-refractivity contribution in [1.29, 1.82) is 0 Å². The first kappa shape index (κ1) is 12.9. The van der Waals surface area contributed by atoms with E-state index in [1.807, 2.05) is 19.1 Å². The van der Waals surface area contributed by atoms with E-state index in [9.17, 15) is 4.79 Å². The van der Waals surface area contributed by atoms with Crippen LogP contribution < -0.4 is 11.1 Å². The molecule has 3 nitrogen and oxygen atoms in total. The quantitative estimate of drug-likeness (QED) is 0.806. The molecule has 1 amide bonds. The minimum absolute atomic E-state index is 0.0492. The van der Waals surface area contributed by atoms with Crippen molar-refractivity contribution in [3.63, 3.8) is 0 Å². The van der Waals surface area contributed by atoms with Crippen molar-refractivity contribution in [1.82, 2.24) is 5.32 Å². The van der Waals surface area contributed by atoms with Crippen LogP contribution in [0.15, 0.2) is 18.2 Å². The molecule has 98 valence electrons. The molecule has 1 unspecified atom stereocenters. The summed E-state index contributed by atoms with van der Waals surface area (Å²) in [6, 6.07) is 5.81. The van der Waals surface area contributed by atoms with Gasteiger partial charge in [-0.25, -0.2) is 0 Å². The van der Waals surface area contributed by atoms with Gasteiger partial charge in [-0.05, 0) is 50.3 Å². The van der Waals surface area contributed by atoms with Crippen LogP contribution in [0.1, 0.15) is 48.5 Å². The number of rotatable bonds is 3. The van der Waals surface area contributed by atoms with E-state index < -0.39 is 0 Å². The van der Waals surface area contributed by atoms with Gasteiger partial charge in [-0.3, -0.25) is 4.79 Å². The van der Waals surface area contributed by atoms with Gasteiger partial charge in [-0.15, -0.1) is 0 Å². The largest absolute Gasteiger partial charge is 0.398 e. The molecule has 0 aliphatic heterocycles. The van der Waals surface area contributed by atoms with E-state index in [1.165, 1.54) is 25.7 Å². The molecule has 1 aliphatic rings. The average molecular weight is 246 g/mol. The normalized spacial score (nSPS) is 17.7. The van der Waals surface area contributed by atoms with Gasteiger partial charge in [-0.2, -0.15) is 0 Å². The van der Waals surface area contributed by atoms with E-state index in [0.29, 0.717) is 17.2 Å². The third-order valence-corrected chi connectivity index (χ3v) is 3.92. The molecule has 0 aromatic heterocycles. The summed E-state index contributed by atoms with van der Waals surface area (Å²) in [6.07, 6.45) is 5.03. The Hall–Kier alpha value is -1.51. The number of hydrogen-bond acceptors (Lipinski definition) is 2. The Balaban J connectivity index is 2.02. The van der Waals surface area contributed by atoms with Crippen LogP contribution in [0.4, 0.5) is 5.69 Å². The molecule has 1 fully saturated rings. The fourth-order valence-corrected chi connectivity index (χ4v) is 2.75. The van der Waals surface area contributed by atoms with E-state index in [4.69, 9.17) is 5.73 Å². The van der Waals surface area contributed by atoms with Crippen LogP contribution in [0.3, 0.4) is 0 Å². The van der Waals surface area contributed by atoms with Crippen LogP contribution in [-0.2, 0) is 0 Å². The molecule has 2 rings (SSSR count). The number of nitrogens with two attached hydrogens (primary N) is 1. The number of hydrogen-bond donors (Lipinski definition) is 2. The topological polar surface area (TPSA) is 55.1 Å². The number of benzene rings is 1. The SMILES string of the molecule is Cc1ccc(C(=O)NC(C)C2CCCC2)c(N)c1. The Labute approximate surface area is 109 Å². The molecule has 1 atom stereocenters. The van der Waals surface area contributed by atoms with Crippen molar-refractivity contribution in [3.8, 4) is 0 Å². The Kier molecular flexibility index (Phi) is 3.90. The summed E-state index contributed by atoms with van der Waals surface area (Å²) in [4.78, 5) is 12.2. The first-order chi connectivity index (χ1) is 8.58. The Morgan fingerprint density at radius 2 is 2.06 bits per heavy atom. The minimum atomic E-state index is -0.0492. The highest BCUT2D eigenvalue weighted by molar-refractivity contribution is 5.99. The van der Waals surface area contributed by atoms with Crippen molar-refractivity contribution in [2.24, 2.45) is 5.92 Å². The van der Waals surface area contributed by atoms with Crippen molar-refractivity contribution < 1.29 is 4.79 Å². The van der Waals surface area contributed by atoms with Gasteiger partial charge in [0.05, 0.1) is 5.56 Å². The molecule has 1 saturated carbocycles. The predicted molar refractivity (Wildman–Crippen MR) is 74.5 cm³/mol. The molecular formula is C15H22N2O. The van der Waals surface area contributed by atoms with Crippen molar-refractivity contribution in [3.05, 3.63) is 29.3 Å². The minimum Gasteiger partial charge on any atom is -0.398 e. The van der Waals surface area contributed by atoms with Crippen LogP contribution in [0.2, 0.25) is 0 Å². The maximum Gasteiger partial charge on any atom is 0.253 e. The maximum absolute atomic E-state index is 12.2. The third kappa shape index (κ3) is 2.84. The van der Waals surface area contributed by atoms with E-state index in [1.54, 1.807) is 6.07 Å². The van der Waals surface area contributed by atoms with E-state index in [2.05, 4.69) is 12.2 Å². The molecular weight excluding hydrogens is 224 g/mol. The monoisotopic (exact) mass is 246 g/mol. The zero-order valence-electron chi connectivity index (χ0n) is 11.2. The third-order valence-electron chi connectivity index (χ3n) is 3.92. The van der Waals surface area contributed by atoms with Crippen molar-refractivity contribution in [2.75, 3.05) is 5.73 Å². The van der Waals surface area contributed by atoms with Gasteiger partial charge >= 0.3 is 0 Å². The lowest BCUT2D eigenvalue weighted by Crippen LogP contribution is -2.37. The lowest BCUT2D eigenvalue weighted by Gasteiger charge is -2.20. The number of nitrogens with one attached hydrogen (secondary N) is 1. The average Bonchev–Trinajstić information content (AvgIpc) is 2.81. The number of nitrogen functional groups attached to an aromatic ring is 1. The Morgan fingerprint density at radius 3 is 2.67 bits per heavy atom. The molecule has 3 heteroatoms. The molecule has 18 heavy (non-hydrogen) atoms. The predicted octanol–water partition coefficient (Wildman–Crippen LogP) is 2.89. The van der Waals surface area contributed by atoms with E-state index >= 15 is 0 Å². The molecule has 0 radical (unpaired) electrons. The maximum atomic E-state index is 12.2. The van der Waals surface area contributed by atoms with Gasteiger partial charge in [0.15, 0.2) is 0 Å². The number of carbonyl (C=O) groups is 1. The number of amides is 1. The summed E-state index contributed by atoms with van der Waals surface area (Å²) in [5.74, 6) is 0.576. The summed E-state index contributed by atoms with van der Waals surface area (Å²) < 4.78 is 0. The summed E-state index contributed by atoms with van der Waals surface area (Å²) in [5.41, 5.74) is 8.12. The van der Waals surface area contributed by atoms with Crippen molar-refractivity contribution in [2.45, 2.75) is 45.6 Å². The summed E-state index contributed by atoms with van der Waals surface area (Å²) in [6.45, 7) is 4.07. The molecule has 1 aromatic carbocycles. The van der Waals surface area contributed by atoms with Gasteiger partial charge in [-0.1, -0.05) is 18.9 Å². The highest BCUT2D eigenvalue weighted by Crippen LogP contribution is 2.27. The zero-order valence-corrected chi connectivity index (χ0v) is 11.2. The zero-order chi connectivity index (χ0) is 13.1. The second-order valence-electron chi connectivity index (χ2n) is 5.40. The van der Waals surface area contributed by atoms with Crippen LogP contribution in [-0.4, -0.2) is 11.9 Å². The fraction of sp³-hybridized carbons (Fsp3) is 0.533. The Bertz CT molecular complexity index is 436. The second kappa shape index (κ2) is 5.42. The standard InChI is InChI=1S/C15H22N2O/c1-10-7-8-13(14(16)9-10)15(18)17-11(2)12-5-3-4-6-12/h7-9,11-12H,3-6,16H2,1-2H3,(H,17,18). The summed E-state index contributed by atoms with van der Waals surface area (Å²) >= 11 is 0. The highest BCUT2D eigenvalue weighted by Gasteiger charge is 2.23. The van der Waals surface area contributed by atoms with Crippen molar-refractivity contribution >= 4 is 11.6 Å². The highest BCUT2D eigenvalue weighted by atomic mass is 16.1. The van der Waals surface area contributed by atoms with Gasteiger partial charge < -0.3 is 11.1 Å². The van der Waals surface area contributed by atoms with E-state index in [0.717, 1.165) is 5.56 Å². The van der Waals surface area contributed by atoms with Crippen LogP contribution in [0.5, 0.6) is 0 Å².